The Balaban J connectivity index is -0.000000225. The summed E-state index contributed by atoms with van der Waals surface area (Å²) in [6.45, 7) is 0. The van der Waals surface area contributed by atoms with Crippen LogP contribution in [-0.2, 0) is 0 Å². The van der Waals surface area contributed by atoms with Crippen molar-refractivity contribution in [1.29, 1.82) is 0 Å². The van der Waals surface area contributed by atoms with Gasteiger partial charge in [-0.2, -0.15) is 5.92 Å². The molecule has 0 heterocycles. The maximum atomic E-state index is 13.8. The van der Waals surface area contributed by atoms with E-state index in [2.05, 4.69) is 0 Å². The van der Waals surface area contributed by atoms with Crippen LogP contribution in [0, 0.1) is 24.4 Å². The van der Waals surface area contributed by atoms with Crippen molar-refractivity contribution in [3.63, 3.8) is 0 Å². The monoisotopic (exact) mass is 1550 g/mol. The minimum absolute atomic E-state index is 0. The Kier molecular flexibility index (Phi) is 5.52. The van der Waals surface area contributed by atoms with Gasteiger partial charge in [-0.25, -0.2) is 13.2 Å². The Bertz CT molecular complexity index is 255. The molecule has 2 rings (SSSR count). The summed E-state index contributed by atoms with van der Waals surface area (Å²) in [4.78, 5) is 0. The molecule has 0 spiro atoms. The molecule has 92 valence electrons. The molecule has 0 saturated heterocycles. The maximum absolute atomic E-state index is 13.8. The van der Waals surface area contributed by atoms with Crippen LogP contribution in [0.1, 0.15) is 19.3 Å². The minimum Gasteiger partial charge on any atom is -0.554 e. The maximum Gasteiger partial charge on any atom is 0.294 e. The SMILES string of the molecule is O[C-](C(F)(F)F)C1(F)[CH-]C2CCC1C2.[Rf].[Rf].[Rf].[Rf].[Rf]. The van der Waals surface area contributed by atoms with Gasteiger partial charge in [-0.3, -0.25) is 0 Å². The van der Waals surface area contributed by atoms with E-state index < -0.39 is 23.9 Å². The zero-order valence-corrected chi connectivity index (χ0v) is 42.8. The van der Waals surface area contributed by atoms with Crippen LogP contribution in [0.3, 0.4) is 0 Å². The van der Waals surface area contributed by atoms with Gasteiger partial charge in [-0.1, -0.05) is 31.3 Å². The van der Waals surface area contributed by atoms with E-state index in [9.17, 15) is 17.6 Å². The third-order valence-electron chi connectivity index (χ3n) is 3.18. The quantitative estimate of drug-likeness (QED) is 0.317. The number of aliphatic hydroxyl groups excluding tert-OH is 1. The normalized spacial score (nSPS) is 31.3. The molecule has 10 heteroatoms. The molecule has 2 saturated carbocycles. The van der Waals surface area contributed by atoms with Crippen molar-refractivity contribution in [3.8, 4) is 0 Å². The third kappa shape index (κ3) is 2.03. The topological polar surface area (TPSA) is 20.2 Å². The first-order valence-corrected chi connectivity index (χ1v) is 4.52. The van der Waals surface area contributed by atoms with E-state index in [1.807, 2.05) is 0 Å². The second-order valence-electron chi connectivity index (χ2n) is 4.05. The van der Waals surface area contributed by atoms with E-state index in [0.29, 0.717) is 12.8 Å². The van der Waals surface area contributed by atoms with Crippen LogP contribution in [0.5, 0.6) is 0 Å². The molecule has 2 fully saturated rings. The van der Waals surface area contributed by atoms with Crippen LogP contribution in [-0.4, -0.2) is 17.0 Å². The van der Waals surface area contributed by atoms with E-state index in [1.165, 1.54) is 0 Å². The summed E-state index contributed by atoms with van der Waals surface area (Å²) in [5.41, 5.74) is -2.62. The molecule has 2 aliphatic carbocycles. The van der Waals surface area contributed by atoms with Crippen molar-refractivity contribution in [2.45, 2.75) is 31.1 Å². The van der Waals surface area contributed by atoms with Gasteiger partial charge in [-0.05, 0) is 0 Å². The largest absolute Gasteiger partial charge is 0.554 e. The first-order chi connectivity index (χ1) is 6.34. The smallest absolute Gasteiger partial charge is 0.294 e. The van der Waals surface area contributed by atoms with Gasteiger partial charge in [0.25, 0.3) is 6.18 Å². The summed E-state index contributed by atoms with van der Waals surface area (Å²) in [7, 11) is 0. The predicted molar refractivity (Wildman–Crippen MR) is 40.2 cm³/mol. The summed E-state index contributed by atoms with van der Waals surface area (Å²) in [5, 5.41) is 8.85. The van der Waals surface area contributed by atoms with E-state index in [1.54, 1.807) is 0 Å². The van der Waals surface area contributed by atoms with Gasteiger partial charge in [0.05, 0.1) is 0 Å². The summed E-state index contributed by atoms with van der Waals surface area (Å²) >= 11 is 0. The van der Waals surface area contributed by atoms with E-state index >= 15 is 0 Å². The Labute approximate surface area is 79.1 Å². The summed E-state index contributed by atoms with van der Waals surface area (Å²) < 4.78 is 50.2. The molecule has 3 atom stereocenters. The molecule has 0 radical (unpaired) electrons. The fraction of sp³-hybridized carbons (Fsp3) is 0.778. The number of hydrogen-bond acceptors (Lipinski definition) is 1. The number of aliphatic hydroxyl groups is 1. The number of fused-ring (bicyclic) bond motifs is 2. The van der Waals surface area contributed by atoms with Crippen LogP contribution in [0.25, 0.3) is 0 Å². The fourth-order valence-electron chi connectivity index (χ4n) is 2.52. The van der Waals surface area contributed by atoms with Crippen LogP contribution in [0.2, 0.25) is 0 Å². The van der Waals surface area contributed by atoms with Crippen molar-refractivity contribution < 1.29 is 22.7 Å². The molecule has 0 aromatic carbocycles. The molecule has 2 bridgehead atoms. The molecular formula is C9H10F4ORf5-2. The molecule has 1 nitrogen and oxygen atoms in total. The van der Waals surface area contributed by atoms with Crippen LogP contribution in [0.15, 0.2) is 0 Å². The Morgan fingerprint density at radius 1 is 1.05 bits per heavy atom. The van der Waals surface area contributed by atoms with Gasteiger partial charge in [-0.15, -0.1) is 5.67 Å². The first-order valence-electron chi connectivity index (χ1n) is 4.52. The second kappa shape index (κ2) is 4.47. The van der Waals surface area contributed by atoms with Gasteiger partial charge in [0, 0.05) is 0 Å². The van der Waals surface area contributed by atoms with Crippen molar-refractivity contribution in [1.82, 2.24) is 0 Å². The number of rotatable bonds is 1. The third-order valence-corrected chi connectivity index (χ3v) is 3.18. The zero-order valence-electron chi connectivity index (χ0n) is 10.8. The molecule has 0 amide bonds. The predicted octanol–water partition coefficient (Wildman–Crippen LogP) is 2.80. The van der Waals surface area contributed by atoms with Crippen LogP contribution >= 0.6 is 0 Å². The Morgan fingerprint density at radius 3 is 1.79 bits per heavy atom. The summed E-state index contributed by atoms with van der Waals surface area (Å²) in [6.07, 6.45) is -4.31. The fourth-order valence-corrected chi connectivity index (χ4v) is 2.52. The van der Waals surface area contributed by atoms with Crippen LogP contribution < -0.4 is 0 Å². The molecule has 2 aliphatic rings. The van der Waals surface area contributed by atoms with Gasteiger partial charge in [0.2, 0.25) is 0 Å². The average Bonchev–Trinajstić information content (AvgIpc) is 2.60. The molecule has 0 aromatic rings. The molecule has 1 N–H and O–H groups in total. The van der Waals surface area contributed by atoms with Gasteiger partial charge in [0.1, 0.15) is 0 Å². The number of halogens is 4. The van der Waals surface area contributed by atoms with E-state index in [-0.39, 0.29) is 5.92 Å². The summed E-state index contributed by atoms with van der Waals surface area (Å²) in [6, 6.07) is 0. The summed E-state index contributed by atoms with van der Waals surface area (Å²) in [5.74, 6) is -0.788. The minimum atomic E-state index is -4.95. The van der Waals surface area contributed by atoms with Crippen molar-refractivity contribution in [3.05, 3.63) is 12.5 Å². The van der Waals surface area contributed by atoms with Gasteiger partial charge in [0.15, 0.2) is 0 Å². The molecule has 0 aliphatic heterocycles. The molecule has 3 unspecified atom stereocenters. The second-order valence-corrected chi connectivity index (χ2v) is 4.05. The standard InChI is InChI=1S/C9H10F4O.5Rf/c10-8(7(14)9(11,12)13)4-5-1-2-6(8)3-5;;;;;/h4-6,14H,1-3H2;;;;;/q-2;;;;;. The van der Waals surface area contributed by atoms with E-state index in [0.717, 1.165) is 12.8 Å². The first kappa shape index (κ1) is 23.5. The van der Waals surface area contributed by atoms with Crippen molar-refractivity contribution in [2.24, 2.45) is 11.8 Å². The van der Waals surface area contributed by atoms with Crippen LogP contribution in [0.4, 0.5) is 17.6 Å². The van der Waals surface area contributed by atoms with Crippen molar-refractivity contribution in [2.75, 3.05) is 0 Å². The Hall–Kier alpha value is -5.32. The van der Waals surface area contributed by atoms with E-state index in [4.69, 9.17) is 5.11 Å². The van der Waals surface area contributed by atoms with Gasteiger partial charge < -0.3 is 15.9 Å². The van der Waals surface area contributed by atoms with Gasteiger partial charge >= 0.3 is 0 Å². The molecule has 19 heavy (non-hydrogen) atoms. The zero-order chi connectivity index (χ0) is 10.6. The molecular weight excluding hydrogens is 1540 g/mol. The average molecular weight is 1550 g/mol. The number of hydrogen-bond donors (Lipinski definition) is 1. The number of alkyl halides is 4. The molecule has 0 aromatic heterocycles. The van der Waals surface area contributed by atoms with Crippen molar-refractivity contribution >= 4 is 0 Å². The Morgan fingerprint density at radius 2 is 1.53 bits per heavy atom.